The minimum atomic E-state index is -0.456. The molecule has 3 aromatic carbocycles. The van der Waals surface area contributed by atoms with E-state index in [2.05, 4.69) is 6.92 Å². The van der Waals surface area contributed by atoms with Crippen molar-refractivity contribution in [3.63, 3.8) is 0 Å². The fraction of sp³-hybridized carbons (Fsp3) is 0.259. The first kappa shape index (κ1) is 22.7. The first-order chi connectivity index (χ1) is 16.4. The zero-order valence-corrected chi connectivity index (χ0v) is 19.7. The van der Waals surface area contributed by atoms with Gasteiger partial charge in [0, 0.05) is 28.0 Å². The summed E-state index contributed by atoms with van der Waals surface area (Å²) in [6, 6.07) is 15.7. The van der Waals surface area contributed by atoms with Crippen molar-refractivity contribution in [1.82, 2.24) is 4.57 Å². The molecule has 7 heteroatoms. The minimum absolute atomic E-state index is 0.0577. The summed E-state index contributed by atoms with van der Waals surface area (Å²) >= 11 is 6.40. The number of benzene rings is 3. The number of hydrogen-bond acceptors (Lipinski definition) is 4. The highest BCUT2D eigenvalue weighted by Crippen LogP contribution is 2.50. The summed E-state index contributed by atoms with van der Waals surface area (Å²) in [7, 11) is 1.43. The Morgan fingerprint density at radius 3 is 2.44 bits per heavy atom. The number of methoxy groups -OCH3 is 1. The van der Waals surface area contributed by atoms with Gasteiger partial charge in [0.1, 0.15) is 5.75 Å². The number of aromatic nitrogens is 1. The van der Waals surface area contributed by atoms with Crippen molar-refractivity contribution in [2.45, 2.75) is 25.4 Å². The van der Waals surface area contributed by atoms with Gasteiger partial charge in [0.25, 0.3) is 0 Å². The molecule has 1 aromatic heterocycles. The van der Waals surface area contributed by atoms with Gasteiger partial charge in [0.15, 0.2) is 11.6 Å². The highest BCUT2D eigenvalue weighted by Gasteiger charge is 2.44. The van der Waals surface area contributed by atoms with Crippen LogP contribution < -0.4 is 4.74 Å². The van der Waals surface area contributed by atoms with Gasteiger partial charge in [0.05, 0.1) is 43.2 Å². The van der Waals surface area contributed by atoms with E-state index in [1.807, 2.05) is 34.9 Å². The van der Waals surface area contributed by atoms with Gasteiger partial charge in [-0.1, -0.05) is 42.8 Å². The van der Waals surface area contributed by atoms with Crippen LogP contribution in [0.4, 0.5) is 4.39 Å². The molecule has 2 heterocycles. The van der Waals surface area contributed by atoms with Crippen LogP contribution in [0.3, 0.4) is 0 Å². The number of phenolic OH excluding ortho intramolecular Hbond substituents is 1. The zero-order valence-electron chi connectivity index (χ0n) is 18.9. The third-order valence-electron chi connectivity index (χ3n) is 6.77. The van der Waals surface area contributed by atoms with E-state index in [1.165, 1.54) is 19.2 Å². The summed E-state index contributed by atoms with van der Waals surface area (Å²) in [5.74, 6) is -0.271. The van der Waals surface area contributed by atoms with Gasteiger partial charge < -0.3 is 24.3 Å². The van der Waals surface area contributed by atoms with E-state index in [0.717, 1.165) is 28.8 Å². The Morgan fingerprint density at radius 2 is 1.85 bits per heavy atom. The van der Waals surface area contributed by atoms with E-state index in [1.54, 1.807) is 12.1 Å². The summed E-state index contributed by atoms with van der Waals surface area (Å²) in [5, 5.41) is 21.7. The van der Waals surface area contributed by atoms with Crippen LogP contribution in [0, 0.1) is 5.82 Å². The molecule has 1 aliphatic heterocycles. The average molecular weight is 482 g/mol. The fourth-order valence-corrected chi connectivity index (χ4v) is 5.04. The van der Waals surface area contributed by atoms with Crippen molar-refractivity contribution in [3.05, 3.63) is 76.7 Å². The van der Waals surface area contributed by atoms with Crippen LogP contribution in [0.15, 0.2) is 54.6 Å². The molecule has 176 valence electrons. The molecule has 0 radical (unpaired) electrons. The molecule has 5 nitrogen and oxygen atoms in total. The first-order valence-corrected chi connectivity index (χ1v) is 11.5. The Hall–Kier alpha value is -3.06. The molecule has 5 rings (SSSR count). The molecule has 2 N–H and O–H groups in total. The number of halogens is 2. The SMILES string of the molecule is CCC1(c2c(-c3ccc(CO)cc3)c3c(O)cc(Cl)cc3n2-c2ccc(F)c(OC)c2)COC1. The molecule has 0 amide bonds. The zero-order chi connectivity index (χ0) is 24.0. The maximum Gasteiger partial charge on any atom is 0.165 e. The summed E-state index contributed by atoms with van der Waals surface area (Å²) in [5.41, 5.74) is 4.59. The molecule has 0 saturated carbocycles. The van der Waals surface area contributed by atoms with Gasteiger partial charge in [-0.25, -0.2) is 4.39 Å². The fourth-order valence-electron chi connectivity index (χ4n) is 4.83. The lowest BCUT2D eigenvalue weighted by atomic mass is 9.76. The summed E-state index contributed by atoms with van der Waals surface area (Å²) in [6.07, 6.45) is 0.803. The summed E-state index contributed by atoms with van der Waals surface area (Å²) < 4.78 is 27.3. The third-order valence-corrected chi connectivity index (χ3v) is 6.98. The lowest BCUT2D eigenvalue weighted by Crippen LogP contribution is -2.47. The Labute approximate surface area is 201 Å². The molecule has 1 saturated heterocycles. The second-order valence-corrected chi connectivity index (χ2v) is 9.12. The number of rotatable bonds is 6. The predicted molar refractivity (Wildman–Crippen MR) is 131 cm³/mol. The van der Waals surface area contributed by atoms with Crippen molar-refractivity contribution in [2.24, 2.45) is 0 Å². The highest BCUT2D eigenvalue weighted by molar-refractivity contribution is 6.31. The number of aliphatic hydroxyl groups excluding tert-OH is 1. The Morgan fingerprint density at radius 1 is 1.12 bits per heavy atom. The third kappa shape index (κ3) is 3.45. The average Bonchev–Trinajstić information content (AvgIpc) is 3.14. The molecule has 0 bridgehead atoms. The lowest BCUT2D eigenvalue weighted by Gasteiger charge is -2.42. The molecule has 0 spiro atoms. The molecule has 1 aliphatic rings. The molecular weight excluding hydrogens is 457 g/mol. The van der Waals surface area contributed by atoms with Crippen molar-refractivity contribution in [3.8, 4) is 28.3 Å². The number of nitrogens with zero attached hydrogens (tertiary/aromatic N) is 1. The maximum atomic E-state index is 14.3. The number of phenols is 1. The molecule has 1 fully saturated rings. The van der Waals surface area contributed by atoms with Crippen molar-refractivity contribution in [1.29, 1.82) is 0 Å². The van der Waals surface area contributed by atoms with Crippen LogP contribution in [0.2, 0.25) is 5.02 Å². The van der Waals surface area contributed by atoms with Crippen LogP contribution in [-0.2, 0) is 16.8 Å². The van der Waals surface area contributed by atoms with E-state index < -0.39 is 5.82 Å². The van der Waals surface area contributed by atoms with Crippen molar-refractivity contribution >= 4 is 22.5 Å². The van der Waals surface area contributed by atoms with Gasteiger partial charge in [-0.15, -0.1) is 0 Å². The van der Waals surface area contributed by atoms with Crippen molar-refractivity contribution < 1.29 is 24.1 Å². The van der Waals surface area contributed by atoms with Gasteiger partial charge in [-0.3, -0.25) is 0 Å². The van der Waals surface area contributed by atoms with Crippen LogP contribution in [0.25, 0.3) is 27.7 Å². The van der Waals surface area contributed by atoms with E-state index in [0.29, 0.717) is 34.8 Å². The van der Waals surface area contributed by atoms with E-state index in [4.69, 9.17) is 21.1 Å². The number of fused-ring (bicyclic) bond motifs is 1. The Bertz CT molecular complexity index is 1370. The van der Waals surface area contributed by atoms with E-state index >= 15 is 0 Å². The van der Waals surface area contributed by atoms with Gasteiger partial charge in [0.2, 0.25) is 0 Å². The molecule has 34 heavy (non-hydrogen) atoms. The first-order valence-electron chi connectivity index (χ1n) is 11.1. The van der Waals surface area contributed by atoms with E-state index in [-0.39, 0.29) is 23.5 Å². The number of hydrogen-bond donors (Lipinski definition) is 2. The molecule has 0 aliphatic carbocycles. The van der Waals surface area contributed by atoms with Crippen molar-refractivity contribution in [2.75, 3.05) is 20.3 Å². The van der Waals surface area contributed by atoms with Gasteiger partial charge in [-0.2, -0.15) is 0 Å². The Balaban J connectivity index is 1.94. The van der Waals surface area contributed by atoms with Crippen LogP contribution >= 0.6 is 11.6 Å². The summed E-state index contributed by atoms with van der Waals surface area (Å²) in [4.78, 5) is 0. The van der Waals surface area contributed by atoms with Crippen LogP contribution in [0.5, 0.6) is 11.5 Å². The number of aromatic hydroxyl groups is 1. The van der Waals surface area contributed by atoms with Gasteiger partial charge in [-0.05, 0) is 41.8 Å². The molecule has 4 aromatic rings. The summed E-state index contributed by atoms with van der Waals surface area (Å²) in [6.45, 7) is 3.10. The predicted octanol–water partition coefficient (Wildman–Crippen LogP) is 5.97. The molecule has 0 unspecified atom stereocenters. The van der Waals surface area contributed by atoms with Crippen LogP contribution in [-0.4, -0.2) is 35.1 Å². The largest absolute Gasteiger partial charge is 0.507 e. The monoisotopic (exact) mass is 481 g/mol. The molecule has 0 atom stereocenters. The maximum absolute atomic E-state index is 14.3. The highest BCUT2D eigenvalue weighted by atomic mass is 35.5. The smallest absolute Gasteiger partial charge is 0.165 e. The quantitative estimate of drug-likeness (QED) is 0.356. The van der Waals surface area contributed by atoms with E-state index in [9.17, 15) is 14.6 Å². The topological polar surface area (TPSA) is 63.9 Å². The van der Waals surface area contributed by atoms with Crippen LogP contribution in [0.1, 0.15) is 24.6 Å². The number of ether oxygens (including phenoxy) is 2. The second-order valence-electron chi connectivity index (χ2n) is 8.68. The second kappa shape index (κ2) is 8.62. The number of aliphatic hydroxyl groups is 1. The Kier molecular flexibility index (Phi) is 5.76. The normalized spacial score (nSPS) is 14.9. The lowest BCUT2D eigenvalue weighted by molar-refractivity contribution is -0.0644. The van der Waals surface area contributed by atoms with Gasteiger partial charge >= 0.3 is 0 Å². The standard InChI is InChI=1S/C27H25ClFNO4/c1-3-27(14-34-15-27)26-24(17-6-4-16(13-31)5-7-17)25-21(10-18(28)11-22(25)32)30(26)19-8-9-20(29)23(12-19)33-2/h4-12,31-32H,3,13-15H2,1-2H3. The molecular formula is C27H25ClFNO4. The minimum Gasteiger partial charge on any atom is -0.507 e.